The second kappa shape index (κ2) is 5.99. The zero-order chi connectivity index (χ0) is 12.1. The molecule has 0 amide bonds. The molecule has 1 heterocycles. The third kappa shape index (κ3) is 3.30. The maximum atomic E-state index is 11.6. The van der Waals surface area contributed by atoms with Crippen LogP contribution in [0, 0.1) is 11.8 Å². The summed E-state index contributed by atoms with van der Waals surface area (Å²) in [7, 11) is 0. The summed E-state index contributed by atoms with van der Waals surface area (Å²) in [5, 5.41) is 0. The number of hydrogen-bond donors (Lipinski definition) is 0. The Hall–Kier alpha value is -0.900. The van der Waals surface area contributed by atoms with Gasteiger partial charge in [-0.25, -0.2) is 0 Å². The highest BCUT2D eigenvalue weighted by molar-refractivity contribution is 5.88. The molecule has 92 valence electrons. The SMILES string of the molecule is CCOC(=O)C(C=O)C1C[C@@H](C)O[C@@H](C)C1. The second-order valence-electron chi connectivity index (χ2n) is 4.40. The van der Waals surface area contributed by atoms with E-state index < -0.39 is 11.9 Å². The Morgan fingerprint density at radius 2 is 2.00 bits per heavy atom. The smallest absolute Gasteiger partial charge is 0.316 e. The summed E-state index contributed by atoms with van der Waals surface area (Å²) in [4.78, 5) is 22.6. The number of carbonyl (C=O) groups is 2. The first-order valence-electron chi connectivity index (χ1n) is 5.85. The summed E-state index contributed by atoms with van der Waals surface area (Å²) in [6.45, 7) is 6.00. The van der Waals surface area contributed by atoms with Gasteiger partial charge in [0.05, 0.1) is 18.8 Å². The highest BCUT2D eigenvalue weighted by Crippen LogP contribution is 2.30. The molecule has 0 aromatic heterocycles. The lowest BCUT2D eigenvalue weighted by atomic mass is 9.82. The Morgan fingerprint density at radius 3 is 2.44 bits per heavy atom. The van der Waals surface area contributed by atoms with Gasteiger partial charge in [-0.1, -0.05) is 0 Å². The van der Waals surface area contributed by atoms with E-state index in [-0.39, 0.29) is 18.1 Å². The molecule has 0 radical (unpaired) electrons. The minimum absolute atomic E-state index is 0.0512. The summed E-state index contributed by atoms with van der Waals surface area (Å²) in [5.74, 6) is -0.979. The van der Waals surface area contributed by atoms with Crippen LogP contribution in [0.3, 0.4) is 0 Å². The summed E-state index contributed by atoms with van der Waals surface area (Å²) in [6.07, 6.45) is 2.41. The Kier molecular flexibility index (Phi) is 4.93. The third-order valence-corrected chi connectivity index (χ3v) is 2.95. The average Bonchev–Trinajstić information content (AvgIpc) is 2.17. The number of rotatable bonds is 4. The van der Waals surface area contributed by atoms with Crippen LogP contribution in [0.25, 0.3) is 0 Å². The minimum atomic E-state index is -0.631. The zero-order valence-corrected chi connectivity index (χ0v) is 10.1. The first-order chi connectivity index (χ1) is 7.58. The number of aldehydes is 1. The average molecular weight is 228 g/mol. The van der Waals surface area contributed by atoms with Crippen LogP contribution in [0.2, 0.25) is 0 Å². The van der Waals surface area contributed by atoms with Gasteiger partial charge in [0.2, 0.25) is 0 Å². The second-order valence-corrected chi connectivity index (χ2v) is 4.40. The van der Waals surface area contributed by atoms with Crippen molar-refractivity contribution in [3.05, 3.63) is 0 Å². The number of carbonyl (C=O) groups excluding carboxylic acids is 2. The molecule has 1 aliphatic rings. The van der Waals surface area contributed by atoms with Crippen LogP contribution < -0.4 is 0 Å². The lowest BCUT2D eigenvalue weighted by Crippen LogP contribution is -2.37. The molecule has 0 N–H and O–H groups in total. The highest BCUT2D eigenvalue weighted by Gasteiger charge is 2.35. The van der Waals surface area contributed by atoms with Gasteiger partial charge in [-0.2, -0.15) is 0 Å². The van der Waals surface area contributed by atoms with E-state index in [4.69, 9.17) is 9.47 Å². The molecular weight excluding hydrogens is 208 g/mol. The summed E-state index contributed by atoms with van der Waals surface area (Å²) >= 11 is 0. The molecule has 0 aromatic rings. The Bertz CT molecular complexity index is 241. The van der Waals surface area contributed by atoms with Crippen molar-refractivity contribution >= 4 is 12.3 Å². The molecule has 0 bridgehead atoms. The molecule has 0 saturated carbocycles. The molecule has 1 saturated heterocycles. The van der Waals surface area contributed by atoms with Crippen LogP contribution >= 0.6 is 0 Å². The van der Waals surface area contributed by atoms with Crippen LogP contribution in [-0.4, -0.2) is 31.1 Å². The molecule has 1 fully saturated rings. The van der Waals surface area contributed by atoms with Gasteiger partial charge >= 0.3 is 5.97 Å². The van der Waals surface area contributed by atoms with E-state index in [9.17, 15) is 9.59 Å². The fourth-order valence-electron chi connectivity index (χ4n) is 2.35. The van der Waals surface area contributed by atoms with Crippen molar-refractivity contribution in [2.45, 2.75) is 45.8 Å². The van der Waals surface area contributed by atoms with E-state index >= 15 is 0 Å². The van der Waals surface area contributed by atoms with Crippen molar-refractivity contribution in [1.29, 1.82) is 0 Å². The molecule has 2 unspecified atom stereocenters. The standard InChI is InChI=1S/C12H20O4/c1-4-15-12(14)11(7-13)10-5-8(2)16-9(3)6-10/h7-11H,4-6H2,1-3H3/t8-,9+,10?,11?. The normalized spacial score (nSPS) is 31.8. The minimum Gasteiger partial charge on any atom is -0.465 e. The maximum absolute atomic E-state index is 11.6. The van der Waals surface area contributed by atoms with Gasteiger partial charge in [0.15, 0.2) is 0 Å². The quantitative estimate of drug-likeness (QED) is 0.416. The van der Waals surface area contributed by atoms with Crippen molar-refractivity contribution in [1.82, 2.24) is 0 Å². The van der Waals surface area contributed by atoms with Crippen molar-refractivity contribution in [3.8, 4) is 0 Å². The van der Waals surface area contributed by atoms with E-state index in [0.29, 0.717) is 12.9 Å². The molecule has 1 aliphatic heterocycles. The largest absolute Gasteiger partial charge is 0.465 e. The number of ether oxygens (including phenoxy) is 2. The molecule has 4 nitrogen and oxygen atoms in total. The van der Waals surface area contributed by atoms with Gasteiger partial charge < -0.3 is 14.3 Å². The van der Waals surface area contributed by atoms with E-state index in [2.05, 4.69) is 0 Å². The lowest BCUT2D eigenvalue weighted by Gasteiger charge is -2.33. The van der Waals surface area contributed by atoms with Gasteiger partial charge in [0.25, 0.3) is 0 Å². The molecule has 0 aliphatic carbocycles. The Balaban J connectivity index is 2.64. The van der Waals surface area contributed by atoms with Crippen molar-refractivity contribution < 1.29 is 19.1 Å². The fourth-order valence-corrected chi connectivity index (χ4v) is 2.35. The first kappa shape index (κ1) is 13.2. The number of hydrogen-bond acceptors (Lipinski definition) is 4. The van der Waals surface area contributed by atoms with Gasteiger partial charge in [0.1, 0.15) is 12.2 Å². The molecule has 1 rings (SSSR count). The lowest BCUT2D eigenvalue weighted by molar-refractivity contribution is -0.154. The van der Waals surface area contributed by atoms with Gasteiger partial charge in [-0.3, -0.25) is 4.79 Å². The van der Waals surface area contributed by atoms with Crippen LogP contribution in [0.15, 0.2) is 0 Å². The number of esters is 1. The van der Waals surface area contributed by atoms with Crippen molar-refractivity contribution in [3.63, 3.8) is 0 Å². The van der Waals surface area contributed by atoms with E-state index in [0.717, 1.165) is 12.8 Å². The van der Waals surface area contributed by atoms with Crippen LogP contribution in [0.1, 0.15) is 33.6 Å². The Morgan fingerprint density at radius 1 is 1.44 bits per heavy atom. The molecule has 4 heteroatoms. The summed E-state index contributed by atoms with van der Waals surface area (Å²) in [6, 6.07) is 0. The predicted molar refractivity (Wildman–Crippen MR) is 58.9 cm³/mol. The van der Waals surface area contributed by atoms with E-state index in [1.165, 1.54) is 0 Å². The van der Waals surface area contributed by atoms with E-state index in [1.54, 1.807) is 6.92 Å². The maximum Gasteiger partial charge on any atom is 0.316 e. The molecule has 16 heavy (non-hydrogen) atoms. The van der Waals surface area contributed by atoms with Crippen LogP contribution in [0.5, 0.6) is 0 Å². The van der Waals surface area contributed by atoms with Crippen LogP contribution in [0.4, 0.5) is 0 Å². The Labute approximate surface area is 96.3 Å². The zero-order valence-electron chi connectivity index (χ0n) is 10.1. The topological polar surface area (TPSA) is 52.6 Å². The third-order valence-electron chi connectivity index (χ3n) is 2.95. The predicted octanol–water partition coefficient (Wildman–Crippen LogP) is 1.57. The van der Waals surface area contributed by atoms with Crippen LogP contribution in [-0.2, 0) is 19.1 Å². The van der Waals surface area contributed by atoms with Crippen molar-refractivity contribution in [2.75, 3.05) is 6.61 Å². The molecule has 0 spiro atoms. The van der Waals surface area contributed by atoms with Gasteiger partial charge in [-0.15, -0.1) is 0 Å². The van der Waals surface area contributed by atoms with E-state index in [1.807, 2.05) is 13.8 Å². The first-order valence-corrected chi connectivity index (χ1v) is 5.85. The fraction of sp³-hybridized carbons (Fsp3) is 0.833. The summed E-state index contributed by atoms with van der Waals surface area (Å²) < 4.78 is 10.5. The molecule has 0 aromatic carbocycles. The summed E-state index contributed by atoms with van der Waals surface area (Å²) in [5.41, 5.74) is 0. The molecule has 4 atom stereocenters. The monoisotopic (exact) mass is 228 g/mol. The molecular formula is C12H20O4. The van der Waals surface area contributed by atoms with Gasteiger partial charge in [0, 0.05) is 0 Å². The van der Waals surface area contributed by atoms with Gasteiger partial charge in [-0.05, 0) is 39.5 Å². The van der Waals surface area contributed by atoms with Crippen molar-refractivity contribution in [2.24, 2.45) is 11.8 Å². The highest BCUT2D eigenvalue weighted by atomic mass is 16.5.